The van der Waals surface area contributed by atoms with Gasteiger partial charge in [-0.25, -0.2) is 0 Å². The van der Waals surface area contributed by atoms with E-state index in [2.05, 4.69) is 305 Å². The minimum absolute atomic E-state index is 0. The van der Waals surface area contributed by atoms with Crippen molar-refractivity contribution in [3.63, 3.8) is 0 Å². The fourth-order valence-corrected chi connectivity index (χ4v) is 14.2. The molecule has 0 radical (unpaired) electrons. The quantitative estimate of drug-likeness (QED) is 0.152. The fraction of sp³-hybridized carbons (Fsp3) is 0.319. The molecule has 504 valence electrons. The number of fused-ring (bicyclic) bond motifs is 20. The summed E-state index contributed by atoms with van der Waals surface area (Å²) in [6, 6.07) is 72.0. The van der Waals surface area contributed by atoms with Crippen molar-refractivity contribution in [3.05, 3.63) is 261 Å². The lowest BCUT2D eigenvalue weighted by Gasteiger charge is -2.24. The molecule has 0 fully saturated rings. The summed E-state index contributed by atoms with van der Waals surface area (Å²) in [6.45, 7) is 38.4. The molecule has 0 aliphatic carbocycles. The van der Waals surface area contributed by atoms with Crippen LogP contribution < -0.4 is 18.9 Å². The minimum Gasteiger partial charge on any atom is -0.488 e. The minimum atomic E-state index is 0. The second-order valence-corrected chi connectivity index (χ2v) is 29.7. The van der Waals surface area contributed by atoms with Crippen molar-refractivity contribution >= 4 is 43.1 Å². The van der Waals surface area contributed by atoms with E-state index in [0.29, 0.717) is 73.8 Å². The average molecular weight is 1300 g/mol. The molecule has 0 saturated carbocycles. The molecule has 0 aromatic heterocycles. The van der Waals surface area contributed by atoms with Crippen molar-refractivity contribution < 1.29 is 18.9 Å². The molecule has 4 aliphatic rings. The van der Waals surface area contributed by atoms with E-state index in [9.17, 15) is 0 Å². The Morgan fingerprint density at radius 2 is 0.459 bits per heavy atom. The van der Waals surface area contributed by atoms with E-state index in [0.717, 1.165) is 23.0 Å². The Bertz CT molecular complexity index is 4290. The van der Waals surface area contributed by atoms with Crippen LogP contribution in [0.25, 0.3) is 87.6 Å². The molecule has 0 spiro atoms. The molecule has 0 bridgehead atoms. The van der Waals surface area contributed by atoms with Crippen molar-refractivity contribution in [1.29, 1.82) is 0 Å². The van der Waals surface area contributed by atoms with Gasteiger partial charge in [0.15, 0.2) is 0 Å². The van der Waals surface area contributed by atoms with E-state index < -0.39 is 0 Å². The normalized spacial score (nSPS) is 12.8. The molecule has 98 heavy (non-hydrogen) atoms. The second kappa shape index (κ2) is 29.1. The summed E-state index contributed by atoms with van der Waals surface area (Å²) >= 11 is 0. The lowest BCUT2D eigenvalue weighted by Crippen LogP contribution is -2.07. The first-order valence-corrected chi connectivity index (χ1v) is 35.5. The molecule has 12 aromatic carbocycles. The molecule has 4 aliphatic heterocycles. The molecule has 4 heteroatoms. The number of hydrogen-bond acceptors (Lipinski definition) is 4. The van der Waals surface area contributed by atoms with E-state index in [1.807, 2.05) is 0 Å². The van der Waals surface area contributed by atoms with Gasteiger partial charge in [-0.2, -0.15) is 0 Å². The van der Waals surface area contributed by atoms with Crippen LogP contribution in [0.2, 0.25) is 0 Å². The van der Waals surface area contributed by atoms with Crippen LogP contribution in [0.5, 0.6) is 23.0 Å². The summed E-state index contributed by atoms with van der Waals surface area (Å²) < 4.78 is 24.6. The van der Waals surface area contributed by atoms with Crippen molar-refractivity contribution in [1.82, 2.24) is 0 Å². The highest BCUT2D eigenvalue weighted by molar-refractivity contribution is 5.99. The van der Waals surface area contributed by atoms with Crippen LogP contribution in [0.4, 0.5) is 0 Å². The highest BCUT2D eigenvalue weighted by Gasteiger charge is 2.26. The lowest BCUT2D eigenvalue weighted by molar-refractivity contribution is 0.303. The Morgan fingerprint density at radius 3 is 0.776 bits per heavy atom. The van der Waals surface area contributed by atoms with Crippen molar-refractivity contribution in [2.75, 3.05) is 0 Å². The Morgan fingerprint density at radius 1 is 0.214 bits per heavy atom. The topological polar surface area (TPSA) is 36.9 Å². The van der Waals surface area contributed by atoms with Crippen LogP contribution in [0.15, 0.2) is 194 Å². The third kappa shape index (κ3) is 13.9. The molecule has 0 amide bonds. The second-order valence-electron chi connectivity index (χ2n) is 29.7. The van der Waals surface area contributed by atoms with Crippen LogP contribution in [0, 0.1) is 0 Å². The summed E-state index contributed by atoms with van der Waals surface area (Å²) in [6.07, 6.45) is 0. The Kier molecular flexibility index (Phi) is 20.9. The zero-order chi connectivity index (χ0) is 67.4. The van der Waals surface area contributed by atoms with E-state index in [4.69, 9.17) is 18.9 Å². The maximum atomic E-state index is 6.20. The highest BCUT2D eigenvalue weighted by atomic mass is 16.5. The van der Waals surface area contributed by atoms with Crippen LogP contribution in [0.1, 0.15) is 240 Å². The lowest BCUT2D eigenvalue weighted by atomic mass is 9.89. The summed E-state index contributed by atoms with van der Waals surface area (Å²) in [5.41, 5.74) is 26.3. The van der Waals surface area contributed by atoms with Gasteiger partial charge in [-0.1, -0.05) is 308 Å². The van der Waals surface area contributed by atoms with Crippen LogP contribution >= 0.6 is 0 Å². The van der Waals surface area contributed by atoms with E-state index in [1.165, 1.54) is 154 Å². The zero-order valence-corrected chi connectivity index (χ0v) is 59.6. The number of ether oxygens (including phenoxy) is 4. The first-order chi connectivity index (χ1) is 46.2. The molecule has 0 N–H and O–H groups in total. The monoisotopic (exact) mass is 1300 g/mol. The molecule has 0 unspecified atom stereocenters. The zero-order valence-electron chi connectivity index (χ0n) is 59.6. The standard InChI is InChI=1S/4C23H24O.2CH4/c2*1-14(2)16-5-8-19-18(11-16)7-9-20-21-10-6-17(15(3)4)12-23(21)24-13-22(19)20;2*1-14(2)16-6-9-21-18(11-16)7-10-22-20-8-5-17(15(3)4)12-19(20)13-24-23(21)22;;/h4*5-12,14-15H,13H2,1-4H3;2*1H4. The van der Waals surface area contributed by atoms with Gasteiger partial charge in [0.05, 0.1) is 0 Å². The number of rotatable bonds is 8. The summed E-state index contributed by atoms with van der Waals surface area (Å²) in [7, 11) is 0. The molecule has 16 rings (SSSR count). The first-order valence-electron chi connectivity index (χ1n) is 35.5. The van der Waals surface area contributed by atoms with Gasteiger partial charge >= 0.3 is 0 Å². The van der Waals surface area contributed by atoms with Crippen molar-refractivity contribution in [3.8, 4) is 67.5 Å². The molecule has 4 heterocycles. The van der Waals surface area contributed by atoms with Gasteiger partial charge in [0, 0.05) is 44.2 Å². The molecular weight excluding hydrogens is 1190 g/mol. The SMILES string of the molecule is C.C.CC(C)c1ccc2c(c1)COc1c-2ccc2cc(C(C)C)ccc12.CC(C)c1ccc2c(c1)COc1c-2ccc2cc(C(C)C)ccc12.CC(C)c1ccc2c(c1)OCc1c-2ccc2cc(C(C)C)ccc12.CC(C)c1ccc2c(c1)OCc1c-2ccc2cc(C(C)C)ccc12. The van der Waals surface area contributed by atoms with Crippen LogP contribution in [0.3, 0.4) is 0 Å². The highest BCUT2D eigenvalue weighted by Crippen LogP contribution is 2.48. The van der Waals surface area contributed by atoms with E-state index in [1.54, 1.807) is 0 Å². The van der Waals surface area contributed by atoms with Gasteiger partial charge in [0.25, 0.3) is 0 Å². The molecule has 0 saturated heterocycles. The van der Waals surface area contributed by atoms with Gasteiger partial charge in [0.2, 0.25) is 0 Å². The van der Waals surface area contributed by atoms with Crippen molar-refractivity contribution in [2.24, 2.45) is 0 Å². The summed E-state index contributed by atoms with van der Waals surface area (Å²) in [4.78, 5) is 0. The van der Waals surface area contributed by atoms with Crippen LogP contribution in [-0.4, -0.2) is 0 Å². The number of benzene rings is 12. The number of hydrogen-bond donors (Lipinski definition) is 0. The fourth-order valence-electron chi connectivity index (χ4n) is 14.2. The third-order valence-electron chi connectivity index (χ3n) is 20.6. The summed E-state index contributed by atoms with van der Waals surface area (Å²) in [5, 5.41) is 10.2. The maximum Gasteiger partial charge on any atom is 0.135 e. The van der Waals surface area contributed by atoms with Gasteiger partial charge in [0.1, 0.15) is 49.4 Å². The Balaban J connectivity index is 0.000000131. The average Bonchev–Trinajstić information content (AvgIpc) is 0.779. The van der Waals surface area contributed by atoms with E-state index in [-0.39, 0.29) is 14.9 Å². The van der Waals surface area contributed by atoms with Gasteiger partial charge in [-0.3, -0.25) is 0 Å². The predicted octanol–water partition coefficient (Wildman–Crippen LogP) is 27.9. The van der Waals surface area contributed by atoms with Crippen LogP contribution in [-0.2, 0) is 26.4 Å². The third-order valence-corrected chi connectivity index (χ3v) is 20.6. The van der Waals surface area contributed by atoms with Gasteiger partial charge in [-0.05, 0) is 170 Å². The molecule has 4 nitrogen and oxygen atoms in total. The molecule has 12 aromatic rings. The van der Waals surface area contributed by atoms with Gasteiger partial charge < -0.3 is 18.9 Å². The Labute approximate surface area is 586 Å². The predicted molar refractivity (Wildman–Crippen MR) is 421 cm³/mol. The maximum absolute atomic E-state index is 6.20. The summed E-state index contributed by atoms with van der Waals surface area (Å²) in [5.74, 6) is 8.43. The Hall–Kier alpha value is -9.12. The first kappa shape index (κ1) is 70.2. The van der Waals surface area contributed by atoms with Crippen molar-refractivity contribution in [2.45, 2.75) is 199 Å². The largest absolute Gasteiger partial charge is 0.488 e. The molecular formula is C94H104O4. The smallest absolute Gasteiger partial charge is 0.135 e. The van der Waals surface area contributed by atoms with E-state index >= 15 is 0 Å². The van der Waals surface area contributed by atoms with Gasteiger partial charge in [-0.15, -0.1) is 0 Å². The molecule has 0 atom stereocenters.